The maximum absolute atomic E-state index is 13.3. The second kappa shape index (κ2) is 9.99. The Morgan fingerprint density at radius 3 is 2.36 bits per heavy atom. The number of hydrogen-bond donors (Lipinski definition) is 2. The summed E-state index contributed by atoms with van der Waals surface area (Å²) in [6, 6.07) is 24.2. The molecule has 1 aliphatic heterocycles. The van der Waals surface area contributed by atoms with E-state index in [1.165, 1.54) is 7.11 Å². The molecule has 1 saturated heterocycles. The Bertz CT molecular complexity index is 1160. The highest BCUT2D eigenvalue weighted by Gasteiger charge is 2.35. The van der Waals surface area contributed by atoms with Gasteiger partial charge in [-0.05, 0) is 35.4 Å². The number of rotatable bonds is 6. The van der Waals surface area contributed by atoms with Crippen molar-refractivity contribution in [1.82, 2.24) is 4.90 Å². The quantitative estimate of drug-likeness (QED) is 0.442. The van der Waals surface area contributed by atoms with E-state index in [-0.39, 0.29) is 24.3 Å². The lowest BCUT2D eigenvalue weighted by molar-refractivity contribution is -0.117. The summed E-state index contributed by atoms with van der Waals surface area (Å²) in [6.45, 7) is 0.318. The molecule has 0 spiro atoms. The fourth-order valence-corrected chi connectivity index (χ4v) is 4.02. The largest absolute Gasteiger partial charge is 0.399 e. The third kappa shape index (κ3) is 5.20. The summed E-state index contributed by atoms with van der Waals surface area (Å²) in [5.74, 6) is -0.360. The summed E-state index contributed by atoms with van der Waals surface area (Å²) in [4.78, 5) is 32.6. The zero-order valence-electron chi connectivity index (χ0n) is 18.4. The van der Waals surface area contributed by atoms with Crippen LogP contribution in [-0.4, -0.2) is 42.1 Å². The number of nitrogen functional groups attached to an aromatic ring is 1. The standard InChI is InChI=1S/C26H26N4O3/c1-33-29-21-15-22(16-25(31)28-24-10-6-5-9-23(24)27)30(17-21)26(32)20-13-11-19(12-14-20)18-7-3-2-4-8-18/h2-14,22H,15-17,27H2,1H3,(H,28,31)/b29-21+/t22-/m0/s1. The molecule has 3 aromatic carbocycles. The van der Waals surface area contributed by atoms with Gasteiger partial charge in [0.1, 0.15) is 7.11 Å². The fraction of sp³-hybridized carbons (Fsp3) is 0.192. The number of anilines is 2. The molecule has 1 heterocycles. The lowest BCUT2D eigenvalue weighted by atomic mass is 10.0. The van der Waals surface area contributed by atoms with Crippen molar-refractivity contribution in [2.45, 2.75) is 18.9 Å². The van der Waals surface area contributed by atoms with Crippen molar-refractivity contribution >= 4 is 28.9 Å². The molecular weight excluding hydrogens is 416 g/mol. The van der Waals surface area contributed by atoms with Crippen LogP contribution in [0, 0.1) is 0 Å². The highest BCUT2D eigenvalue weighted by Crippen LogP contribution is 2.25. The number of carbonyl (C=O) groups is 2. The Hall–Kier alpha value is -4.13. The number of nitrogens with zero attached hydrogens (tertiary/aromatic N) is 2. The summed E-state index contributed by atoms with van der Waals surface area (Å²) >= 11 is 0. The summed E-state index contributed by atoms with van der Waals surface area (Å²) in [5.41, 5.74) is 10.4. The Balaban J connectivity index is 1.50. The van der Waals surface area contributed by atoms with Crippen molar-refractivity contribution in [1.29, 1.82) is 0 Å². The fourth-order valence-electron chi connectivity index (χ4n) is 4.02. The van der Waals surface area contributed by atoms with E-state index in [2.05, 4.69) is 10.5 Å². The summed E-state index contributed by atoms with van der Waals surface area (Å²) in [6.07, 6.45) is 0.601. The molecule has 0 bridgehead atoms. The molecular formula is C26H26N4O3. The number of carbonyl (C=O) groups excluding carboxylic acids is 2. The second-order valence-electron chi connectivity index (χ2n) is 7.91. The Labute approximate surface area is 192 Å². The molecule has 7 nitrogen and oxygen atoms in total. The number of nitrogens with two attached hydrogens (primary N) is 1. The maximum Gasteiger partial charge on any atom is 0.254 e. The smallest absolute Gasteiger partial charge is 0.254 e. The minimum atomic E-state index is -0.329. The molecule has 0 unspecified atom stereocenters. The van der Waals surface area contributed by atoms with Gasteiger partial charge in [0.2, 0.25) is 5.91 Å². The molecule has 0 saturated carbocycles. The molecule has 3 aromatic rings. The summed E-state index contributed by atoms with van der Waals surface area (Å²) in [7, 11) is 1.47. The molecule has 33 heavy (non-hydrogen) atoms. The van der Waals surface area contributed by atoms with Gasteiger partial charge in [-0.3, -0.25) is 9.59 Å². The molecule has 3 N–H and O–H groups in total. The zero-order chi connectivity index (χ0) is 23.2. The minimum Gasteiger partial charge on any atom is -0.399 e. The lowest BCUT2D eigenvalue weighted by Crippen LogP contribution is -2.38. The van der Waals surface area contributed by atoms with Crippen molar-refractivity contribution in [3.63, 3.8) is 0 Å². The number of likely N-dealkylation sites (tertiary alicyclic amines) is 1. The molecule has 1 fully saturated rings. The normalized spacial score (nSPS) is 16.6. The van der Waals surface area contributed by atoms with E-state index in [9.17, 15) is 9.59 Å². The first kappa shape index (κ1) is 22.1. The maximum atomic E-state index is 13.3. The van der Waals surface area contributed by atoms with Crippen LogP contribution in [0.25, 0.3) is 11.1 Å². The van der Waals surface area contributed by atoms with E-state index < -0.39 is 0 Å². The van der Waals surface area contributed by atoms with Gasteiger partial charge in [0.25, 0.3) is 5.91 Å². The van der Waals surface area contributed by atoms with Gasteiger partial charge in [-0.2, -0.15) is 0 Å². The van der Waals surface area contributed by atoms with Gasteiger partial charge in [0, 0.05) is 24.4 Å². The molecule has 7 heteroatoms. The predicted octanol–water partition coefficient (Wildman–Crippen LogP) is 4.18. The number of nitrogens with one attached hydrogen (secondary N) is 1. The van der Waals surface area contributed by atoms with E-state index in [1.807, 2.05) is 54.6 Å². The van der Waals surface area contributed by atoms with Gasteiger partial charge in [-0.1, -0.05) is 59.8 Å². The van der Waals surface area contributed by atoms with Crippen molar-refractivity contribution in [3.05, 3.63) is 84.4 Å². The minimum absolute atomic E-state index is 0.130. The van der Waals surface area contributed by atoms with Crippen molar-refractivity contribution in [2.75, 3.05) is 24.7 Å². The second-order valence-corrected chi connectivity index (χ2v) is 7.91. The van der Waals surface area contributed by atoms with Crippen molar-refractivity contribution in [3.8, 4) is 11.1 Å². The van der Waals surface area contributed by atoms with Gasteiger partial charge in [-0.25, -0.2) is 0 Å². The first-order valence-corrected chi connectivity index (χ1v) is 10.7. The number of para-hydroxylation sites is 2. The van der Waals surface area contributed by atoms with E-state index in [0.717, 1.165) is 16.8 Å². The van der Waals surface area contributed by atoms with Crippen LogP contribution in [0.15, 0.2) is 84.0 Å². The molecule has 2 amide bonds. The molecule has 0 aromatic heterocycles. The average Bonchev–Trinajstić information content (AvgIpc) is 3.23. The van der Waals surface area contributed by atoms with Gasteiger partial charge >= 0.3 is 0 Å². The van der Waals surface area contributed by atoms with Crippen LogP contribution in [-0.2, 0) is 9.63 Å². The summed E-state index contributed by atoms with van der Waals surface area (Å²) < 4.78 is 0. The third-order valence-corrected chi connectivity index (χ3v) is 5.64. The molecule has 1 atom stereocenters. The summed E-state index contributed by atoms with van der Waals surface area (Å²) in [5, 5.41) is 6.87. The number of oxime groups is 1. The molecule has 1 aliphatic rings. The monoisotopic (exact) mass is 442 g/mol. The van der Waals surface area contributed by atoms with Crippen molar-refractivity contribution in [2.24, 2.45) is 5.16 Å². The number of benzene rings is 3. The van der Waals surface area contributed by atoms with Crippen molar-refractivity contribution < 1.29 is 14.4 Å². The molecule has 4 rings (SSSR count). The lowest BCUT2D eigenvalue weighted by Gasteiger charge is -2.24. The molecule has 0 radical (unpaired) electrons. The Morgan fingerprint density at radius 1 is 1.00 bits per heavy atom. The predicted molar refractivity (Wildman–Crippen MR) is 130 cm³/mol. The van der Waals surface area contributed by atoms with E-state index >= 15 is 0 Å². The molecule has 168 valence electrons. The highest BCUT2D eigenvalue weighted by atomic mass is 16.6. The van der Waals surface area contributed by atoms with Gasteiger partial charge in [0.05, 0.1) is 23.6 Å². The zero-order valence-corrected chi connectivity index (χ0v) is 18.4. The Morgan fingerprint density at radius 2 is 1.67 bits per heavy atom. The molecule has 0 aliphatic carbocycles. The van der Waals surface area contributed by atoms with Crippen LogP contribution in [0.1, 0.15) is 23.2 Å². The number of amides is 2. The highest BCUT2D eigenvalue weighted by molar-refractivity contribution is 6.02. The van der Waals surface area contributed by atoms with Crippen LogP contribution in [0.3, 0.4) is 0 Å². The van der Waals surface area contributed by atoms with Crippen LogP contribution in [0.4, 0.5) is 11.4 Å². The topological polar surface area (TPSA) is 97.0 Å². The van der Waals surface area contributed by atoms with Crippen LogP contribution >= 0.6 is 0 Å². The average molecular weight is 443 g/mol. The van der Waals surface area contributed by atoms with Gasteiger partial charge in [0.15, 0.2) is 0 Å². The van der Waals surface area contributed by atoms with Crippen LogP contribution in [0.5, 0.6) is 0 Å². The third-order valence-electron chi connectivity index (χ3n) is 5.64. The van der Waals surface area contributed by atoms with E-state index in [0.29, 0.717) is 29.9 Å². The Kier molecular flexibility index (Phi) is 6.69. The number of hydrogen-bond acceptors (Lipinski definition) is 5. The van der Waals surface area contributed by atoms with E-state index in [4.69, 9.17) is 10.6 Å². The van der Waals surface area contributed by atoms with Crippen LogP contribution in [0.2, 0.25) is 0 Å². The van der Waals surface area contributed by atoms with E-state index in [1.54, 1.807) is 29.2 Å². The first-order valence-electron chi connectivity index (χ1n) is 10.7. The SMILES string of the molecule is CO/N=C1\C[C@@H](CC(=O)Nc2ccccc2N)N(C(=O)c2ccc(-c3ccccc3)cc2)C1. The van der Waals surface area contributed by atoms with Gasteiger partial charge < -0.3 is 20.8 Å². The first-order chi connectivity index (χ1) is 16.0. The van der Waals surface area contributed by atoms with Gasteiger partial charge in [-0.15, -0.1) is 0 Å². The van der Waals surface area contributed by atoms with Crippen LogP contribution < -0.4 is 11.1 Å².